The van der Waals surface area contributed by atoms with Gasteiger partial charge in [-0.05, 0) is 42.4 Å². The summed E-state index contributed by atoms with van der Waals surface area (Å²) < 4.78 is 32.7. The average Bonchev–Trinajstić information content (AvgIpc) is 2.82. The summed E-state index contributed by atoms with van der Waals surface area (Å²) in [5.74, 6) is -0.299. The lowest BCUT2D eigenvalue weighted by molar-refractivity contribution is -0.232. The highest BCUT2D eigenvalue weighted by atomic mass is 19.1. The van der Waals surface area contributed by atoms with Crippen LogP contribution in [0.15, 0.2) is 24.3 Å². The van der Waals surface area contributed by atoms with Crippen molar-refractivity contribution in [2.45, 2.75) is 37.9 Å². The van der Waals surface area contributed by atoms with Crippen LogP contribution in [0.3, 0.4) is 0 Å². The number of carbonyl (C=O) groups is 1. The number of benzene rings is 1. The third kappa shape index (κ3) is 2.20. The number of rotatable bonds is 4. The molecule has 1 heterocycles. The van der Waals surface area contributed by atoms with E-state index in [2.05, 4.69) is 0 Å². The van der Waals surface area contributed by atoms with Crippen molar-refractivity contribution in [2.24, 2.45) is 10.8 Å². The number of hydrogen-bond acceptors (Lipinski definition) is 2. The van der Waals surface area contributed by atoms with Gasteiger partial charge in [-0.25, -0.2) is 8.78 Å². The van der Waals surface area contributed by atoms with Crippen LogP contribution in [0.25, 0.3) is 0 Å². The fraction of sp³-hybridized carbons (Fsp3) is 0.611. The summed E-state index contributed by atoms with van der Waals surface area (Å²) in [6.45, 7) is 0.820. The Balaban J connectivity index is 1.53. The van der Waals surface area contributed by atoms with Crippen LogP contribution in [0, 0.1) is 16.6 Å². The third-order valence-electron chi connectivity index (χ3n) is 5.79. The molecule has 1 aromatic carbocycles. The zero-order chi connectivity index (χ0) is 16.2. The topological polar surface area (TPSA) is 29.5 Å². The van der Waals surface area contributed by atoms with Gasteiger partial charge in [-0.1, -0.05) is 12.1 Å². The SMILES string of the molecule is COCC12CC(C(=O)N3CC(F)CC3c3cccc(F)c3)(C1)C2. The van der Waals surface area contributed by atoms with Gasteiger partial charge >= 0.3 is 0 Å². The molecule has 124 valence electrons. The summed E-state index contributed by atoms with van der Waals surface area (Å²) >= 11 is 0. The van der Waals surface area contributed by atoms with Gasteiger partial charge in [-0.2, -0.15) is 0 Å². The number of hydrogen-bond donors (Lipinski definition) is 0. The Kier molecular flexibility index (Phi) is 3.28. The number of alkyl halides is 1. The maximum Gasteiger partial charge on any atom is 0.229 e. The minimum absolute atomic E-state index is 0.0462. The van der Waals surface area contributed by atoms with Crippen molar-refractivity contribution in [3.05, 3.63) is 35.6 Å². The Labute approximate surface area is 134 Å². The van der Waals surface area contributed by atoms with Gasteiger partial charge in [0, 0.05) is 13.5 Å². The molecule has 2 atom stereocenters. The second kappa shape index (κ2) is 5.00. The minimum atomic E-state index is -1.03. The Hall–Kier alpha value is -1.49. The van der Waals surface area contributed by atoms with Gasteiger partial charge in [-0.15, -0.1) is 0 Å². The van der Waals surface area contributed by atoms with Crippen molar-refractivity contribution in [3.63, 3.8) is 0 Å². The van der Waals surface area contributed by atoms with E-state index in [1.165, 1.54) is 12.1 Å². The number of ether oxygens (including phenoxy) is 1. The van der Waals surface area contributed by atoms with Crippen LogP contribution in [-0.2, 0) is 9.53 Å². The molecule has 5 heteroatoms. The summed E-state index contributed by atoms with van der Waals surface area (Å²) in [5, 5.41) is 0. The maximum absolute atomic E-state index is 14.0. The number of methoxy groups -OCH3 is 1. The van der Waals surface area contributed by atoms with Crippen LogP contribution in [0.2, 0.25) is 0 Å². The van der Waals surface area contributed by atoms with E-state index in [0.29, 0.717) is 12.2 Å². The number of nitrogens with zero attached hydrogens (tertiary/aromatic N) is 1. The Morgan fingerprint density at radius 1 is 1.39 bits per heavy atom. The molecule has 0 N–H and O–H groups in total. The second-order valence-electron chi connectivity index (χ2n) is 7.60. The van der Waals surface area contributed by atoms with E-state index in [-0.39, 0.29) is 41.6 Å². The van der Waals surface area contributed by atoms with Gasteiger partial charge in [0.05, 0.1) is 24.6 Å². The zero-order valence-electron chi connectivity index (χ0n) is 13.2. The molecule has 1 aliphatic heterocycles. The van der Waals surface area contributed by atoms with E-state index in [1.54, 1.807) is 24.1 Å². The smallest absolute Gasteiger partial charge is 0.229 e. The van der Waals surface area contributed by atoms with Gasteiger partial charge in [0.15, 0.2) is 0 Å². The molecule has 1 saturated heterocycles. The minimum Gasteiger partial charge on any atom is -0.384 e. The summed E-state index contributed by atoms with van der Waals surface area (Å²) in [5.41, 5.74) is 0.554. The van der Waals surface area contributed by atoms with Gasteiger partial charge in [0.2, 0.25) is 5.91 Å². The normalized spacial score (nSPS) is 38.1. The van der Waals surface area contributed by atoms with E-state index < -0.39 is 6.17 Å². The third-order valence-corrected chi connectivity index (χ3v) is 5.79. The molecule has 2 unspecified atom stereocenters. The summed E-state index contributed by atoms with van der Waals surface area (Å²) in [7, 11) is 1.68. The predicted molar refractivity (Wildman–Crippen MR) is 81.0 cm³/mol. The Morgan fingerprint density at radius 2 is 2.13 bits per heavy atom. The standard InChI is InChI=1S/C18H21F2NO2/c1-23-11-17-8-18(9-17,10-17)16(22)21-7-14(20)6-15(21)12-3-2-4-13(19)5-12/h2-5,14-15H,6-11H2,1H3. The molecule has 0 radical (unpaired) electrons. The first kappa shape index (κ1) is 15.1. The summed E-state index contributed by atoms with van der Waals surface area (Å²) in [6.07, 6.45) is 1.75. The second-order valence-corrected chi connectivity index (χ2v) is 7.60. The lowest BCUT2D eigenvalue weighted by Crippen LogP contribution is -2.69. The summed E-state index contributed by atoms with van der Waals surface area (Å²) in [4.78, 5) is 14.6. The lowest BCUT2D eigenvalue weighted by atomic mass is 9.35. The first-order valence-electron chi connectivity index (χ1n) is 8.17. The first-order valence-corrected chi connectivity index (χ1v) is 8.17. The summed E-state index contributed by atoms with van der Waals surface area (Å²) in [6, 6.07) is 5.83. The van der Waals surface area contributed by atoms with Crippen LogP contribution in [0.5, 0.6) is 0 Å². The van der Waals surface area contributed by atoms with Gasteiger partial charge in [0.1, 0.15) is 12.0 Å². The van der Waals surface area contributed by atoms with E-state index in [9.17, 15) is 13.6 Å². The Morgan fingerprint density at radius 3 is 2.78 bits per heavy atom. The molecule has 0 spiro atoms. The molecule has 2 bridgehead atoms. The largest absolute Gasteiger partial charge is 0.384 e. The average molecular weight is 321 g/mol. The molecular weight excluding hydrogens is 300 g/mol. The van der Waals surface area contributed by atoms with Crippen molar-refractivity contribution in [1.29, 1.82) is 0 Å². The highest BCUT2D eigenvalue weighted by Crippen LogP contribution is 2.74. The van der Waals surface area contributed by atoms with Gasteiger partial charge < -0.3 is 9.64 Å². The highest BCUT2D eigenvalue weighted by Gasteiger charge is 2.72. The van der Waals surface area contributed by atoms with E-state index in [1.807, 2.05) is 0 Å². The van der Waals surface area contributed by atoms with Gasteiger partial charge in [-0.3, -0.25) is 4.79 Å². The molecule has 1 amide bonds. The van der Waals surface area contributed by atoms with Crippen LogP contribution < -0.4 is 0 Å². The van der Waals surface area contributed by atoms with Crippen LogP contribution >= 0.6 is 0 Å². The monoisotopic (exact) mass is 321 g/mol. The van der Waals surface area contributed by atoms with Crippen LogP contribution in [0.4, 0.5) is 8.78 Å². The van der Waals surface area contributed by atoms with Crippen molar-refractivity contribution < 1.29 is 18.3 Å². The van der Waals surface area contributed by atoms with Gasteiger partial charge in [0.25, 0.3) is 0 Å². The molecule has 4 fully saturated rings. The first-order chi connectivity index (χ1) is 11.0. The highest BCUT2D eigenvalue weighted by molar-refractivity contribution is 5.87. The van der Waals surface area contributed by atoms with E-state index in [4.69, 9.17) is 4.74 Å². The molecular formula is C18H21F2NO2. The maximum atomic E-state index is 14.0. The van der Waals surface area contributed by atoms with Crippen molar-refractivity contribution in [1.82, 2.24) is 4.90 Å². The molecule has 3 saturated carbocycles. The zero-order valence-corrected chi connectivity index (χ0v) is 13.2. The molecule has 3 nitrogen and oxygen atoms in total. The van der Waals surface area contributed by atoms with Crippen molar-refractivity contribution >= 4 is 5.91 Å². The number of halogens is 2. The van der Waals surface area contributed by atoms with E-state index in [0.717, 1.165) is 19.3 Å². The molecule has 4 aliphatic rings. The fourth-order valence-corrected chi connectivity index (χ4v) is 5.03. The van der Waals surface area contributed by atoms with E-state index >= 15 is 0 Å². The van der Waals surface area contributed by atoms with Crippen LogP contribution in [-0.4, -0.2) is 37.2 Å². The fourth-order valence-electron chi connectivity index (χ4n) is 5.03. The number of amides is 1. The molecule has 23 heavy (non-hydrogen) atoms. The Bertz CT molecular complexity index is 628. The molecule has 5 rings (SSSR count). The number of likely N-dealkylation sites (tertiary alicyclic amines) is 1. The molecule has 1 aromatic rings. The molecule has 3 aliphatic carbocycles. The lowest BCUT2D eigenvalue weighted by Gasteiger charge is -2.69. The quantitative estimate of drug-likeness (QED) is 0.852. The van der Waals surface area contributed by atoms with Crippen molar-refractivity contribution in [2.75, 3.05) is 20.3 Å². The predicted octanol–water partition coefficient (Wildman–Crippen LogP) is 3.25. The van der Waals surface area contributed by atoms with Crippen LogP contribution in [0.1, 0.15) is 37.3 Å². The van der Waals surface area contributed by atoms with Crippen molar-refractivity contribution in [3.8, 4) is 0 Å². The number of carbonyl (C=O) groups excluding carboxylic acids is 1. The molecule has 0 aromatic heterocycles.